The van der Waals surface area contributed by atoms with Crippen molar-refractivity contribution in [3.63, 3.8) is 0 Å². The Morgan fingerprint density at radius 2 is 1.94 bits per heavy atom. The van der Waals surface area contributed by atoms with Crippen molar-refractivity contribution in [2.75, 3.05) is 38.6 Å². The van der Waals surface area contributed by atoms with E-state index in [4.69, 9.17) is 15.2 Å². The summed E-state index contributed by atoms with van der Waals surface area (Å²) >= 11 is 0. The first-order valence-corrected chi connectivity index (χ1v) is 10.7. The molecule has 0 amide bonds. The number of phenols is 1. The highest BCUT2D eigenvalue weighted by molar-refractivity contribution is 5.62. The Balaban J connectivity index is 1.48. The molecular weight excluding hydrogens is 392 g/mol. The van der Waals surface area contributed by atoms with Crippen molar-refractivity contribution in [2.24, 2.45) is 0 Å². The third-order valence-electron chi connectivity index (χ3n) is 6.04. The first kappa shape index (κ1) is 19.8. The number of anilines is 1. The molecule has 1 saturated heterocycles. The Labute approximate surface area is 181 Å². The molecule has 5 rings (SSSR count). The molecule has 3 N–H and O–H groups in total. The lowest BCUT2D eigenvalue weighted by atomic mass is 9.83. The van der Waals surface area contributed by atoms with Crippen LogP contribution in [0.25, 0.3) is 0 Å². The van der Waals surface area contributed by atoms with Gasteiger partial charge in [0.15, 0.2) is 0 Å². The predicted octanol–water partition coefficient (Wildman–Crippen LogP) is 2.67. The molecule has 0 saturated carbocycles. The highest BCUT2D eigenvalue weighted by Crippen LogP contribution is 2.48. The Morgan fingerprint density at radius 1 is 1.13 bits per heavy atom. The van der Waals surface area contributed by atoms with Gasteiger partial charge < -0.3 is 20.3 Å². The highest BCUT2D eigenvalue weighted by atomic mass is 16.5. The van der Waals surface area contributed by atoms with Crippen LogP contribution < -0.4 is 15.0 Å². The number of hydrogen-bond donors (Lipinski definition) is 2. The summed E-state index contributed by atoms with van der Waals surface area (Å²) in [6.07, 6.45) is 2.74. The second-order valence-electron chi connectivity index (χ2n) is 8.02. The van der Waals surface area contributed by atoms with Gasteiger partial charge in [0.25, 0.3) is 0 Å². The van der Waals surface area contributed by atoms with Crippen LogP contribution in [-0.4, -0.2) is 47.8 Å². The molecule has 1 fully saturated rings. The number of aryl methyl sites for hydroxylation is 1. The molecule has 3 aromatic rings. The van der Waals surface area contributed by atoms with Crippen molar-refractivity contribution in [2.45, 2.75) is 18.9 Å². The number of benzene rings is 2. The monoisotopic (exact) mass is 419 g/mol. The number of rotatable bonds is 5. The van der Waals surface area contributed by atoms with Gasteiger partial charge in [-0.2, -0.15) is 0 Å². The van der Waals surface area contributed by atoms with Gasteiger partial charge >= 0.3 is 5.88 Å². The number of fused-ring (bicyclic) bond motifs is 2. The molecule has 0 unspecified atom stereocenters. The summed E-state index contributed by atoms with van der Waals surface area (Å²) in [5.41, 5.74) is 9.65. The second-order valence-corrected chi connectivity index (χ2v) is 8.02. The maximum absolute atomic E-state index is 9.96. The first-order chi connectivity index (χ1) is 15.2. The van der Waals surface area contributed by atoms with Crippen LogP contribution in [-0.2, 0) is 11.3 Å². The number of morpholine rings is 1. The van der Waals surface area contributed by atoms with Gasteiger partial charge in [0.1, 0.15) is 17.1 Å². The minimum Gasteiger partial charge on any atom is -0.508 e. The molecule has 2 aliphatic rings. The molecular formula is C24H27N4O3+. The smallest absolute Gasteiger partial charge is 0.306 e. The Kier molecular flexibility index (Phi) is 5.44. The maximum Gasteiger partial charge on any atom is 0.306 e. The Bertz CT molecular complexity index is 1070. The van der Waals surface area contributed by atoms with Gasteiger partial charge in [0, 0.05) is 31.3 Å². The summed E-state index contributed by atoms with van der Waals surface area (Å²) in [5.74, 6) is 1.82. The van der Waals surface area contributed by atoms with E-state index in [2.05, 4.69) is 22.0 Å². The number of nitrogens with two attached hydrogens (primary N) is 1. The van der Waals surface area contributed by atoms with Crippen LogP contribution in [0.3, 0.4) is 0 Å². The lowest BCUT2D eigenvalue weighted by Crippen LogP contribution is -2.42. The third-order valence-corrected chi connectivity index (χ3v) is 6.04. The number of nitrogen functional groups attached to an aromatic ring is 1. The fourth-order valence-electron chi connectivity index (χ4n) is 4.44. The number of hydrogen-bond acceptors (Lipinski definition) is 6. The lowest BCUT2D eigenvalue weighted by Gasteiger charge is -2.28. The maximum atomic E-state index is 9.96. The highest BCUT2D eigenvalue weighted by Gasteiger charge is 2.36. The number of aromatic nitrogens is 2. The van der Waals surface area contributed by atoms with Crippen LogP contribution in [0.1, 0.15) is 29.0 Å². The molecule has 2 aromatic carbocycles. The van der Waals surface area contributed by atoms with Crippen LogP contribution in [0.15, 0.2) is 54.9 Å². The van der Waals surface area contributed by atoms with Crippen molar-refractivity contribution in [1.82, 2.24) is 9.88 Å². The normalized spacial score (nSPS) is 18.1. The number of phenolic OH excluding ortho intramolecular Hbond substituents is 1. The van der Waals surface area contributed by atoms with E-state index in [9.17, 15) is 5.11 Å². The van der Waals surface area contributed by atoms with Gasteiger partial charge in [-0.05, 0) is 18.1 Å². The average molecular weight is 420 g/mol. The molecule has 31 heavy (non-hydrogen) atoms. The van der Waals surface area contributed by atoms with Gasteiger partial charge in [-0.25, -0.2) is 4.57 Å². The van der Waals surface area contributed by atoms with E-state index < -0.39 is 0 Å². The van der Waals surface area contributed by atoms with Gasteiger partial charge in [0.05, 0.1) is 25.7 Å². The van der Waals surface area contributed by atoms with Crippen molar-refractivity contribution in [3.05, 3.63) is 71.5 Å². The number of aromatic hydroxyl groups is 1. The molecule has 0 radical (unpaired) electrons. The molecule has 3 heterocycles. The molecule has 7 heteroatoms. The van der Waals surface area contributed by atoms with E-state index in [1.807, 2.05) is 28.8 Å². The fraction of sp³-hybridized carbons (Fsp3) is 0.333. The predicted molar refractivity (Wildman–Crippen MR) is 116 cm³/mol. The summed E-state index contributed by atoms with van der Waals surface area (Å²) < 4.78 is 13.5. The van der Waals surface area contributed by atoms with Crippen LogP contribution >= 0.6 is 0 Å². The summed E-state index contributed by atoms with van der Waals surface area (Å²) in [7, 11) is 0. The summed E-state index contributed by atoms with van der Waals surface area (Å²) in [6, 6.07) is 15.4. The SMILES string of the molecule is Nc1c2c(nc[n+]1CCCN1CCOCC1)Oc1cc(O)ccc1[C@@H]2c1ccccc1. The first-order valence-electron chi connectivity index (χ1n) is 10.7. The van der Waals surface area contributed by atoms with Crippen molar-refractivity contribution in [1.29, 1.82) is 0 Å². The van der Waals surface area contributed by atoms with Crippen molar-refractivity contribution < 1.29 is 19.1 Å². The van der Waals surface area contributed by atoms with E-state index in [0.717, 1.165) is 62.5 Å². The van der Waals surface area contributed by atoms with E-state index in [0.29, 0.717) is 17.4 Å². The molecule has 1 atom stereocenters. The summed E-state index contributed by atoms with van der Waals surface area (Å²) in [5, 5.41) is 9.96. The molecule has 0 aliphatic carbocycles. The van der Waals surface area contributed by atoms with Crippen LogP contribution in [0.2, 0.25) is 0 Å². The van der Waals surface area contributed by atoms with Crippen molar-refractivity contribution >= 4 is 5.82 Å². The molecule has 0 spiro atoms. The van der Waals surface area contributed by atoms with Gasteiger partial charge in [-0.3, -0.25) is 4.90 Å². The largest absolute Gasteiger partial charge is 0.508 e. The summed E-state index contributed by atoms with van der Waals surface area (Å²) in [4.78, 5) is 7.02. The summed E-state index contributed by atoms with van der Waals surface area (Å²) in [6.45, 7) is 5.37. The fourth-order valence-corrected chi connectivity index (χ4v) is 4.44. The zero-order chi connectivity index (χ0) is 21.2. The second kappa shape index (κ2) is 8.53. The number of nitrogens with zero attached hydrogens (tertiary/aromatic N) is 3. The molecule has 1 aromatic heterocycles. The minimum atomic E-state index is -0.111. The Hall–Kier alpha value is -3.16. The van der Waals surface area contributed by atoms with Crippen LogP contribution in [0.4, 0.5) is 5.82 Å². The van der Waals surface area contributed by atoms with Gasteiger partial charge in [-0.1, -0.05) is 41.4 Å². The lowest BCUT2D eigenvalue weighted by molar-refractivity contribution is -0.686. The average Bonchev–Trinajstić information content (AvgIpc) is 2.80. The van der Waals surface area contributed by atoms with Crippen molar-refractivity contribution in [3.8, 4) is 17.4 Å². The quantitative estimate of drug-likeness (QED) is 0.484. The van der Waals surface area contributed by atoms with Gasteiger partial charge in [-0.15, -0.1) is 0 Å². The van der Waals surface area contributed by atoms with E-state index in [1.165, 1.54) is 0 Å². The minimum absolute atomic E-state index is 0.111. The Morgan fingerprint density at radius 3 is 2.74 bits per heavy atom. The number of ether oxygens (including phenoxy) is 2. The van der Waals surface area contributed by atoms with Crippen LogP contribution in [0.5, 0.6) is 17.4 Å². The zero-order valence-electron chi connectivity index (χ0n) is 17.4. The van der Waals surface area contributed by atoms with E-state index >= 15 is 0 Å². The third kappa shape index (κ3) is 3.94. The molecule has 160 valence electrons. The zero-order valence-corrected chi connectivity index (χ0v) is 17.4. The molecule has 0 bridgehead atoms. The van der Waals surface area contributed by atoms with Gasteiger partial charge in [0.2, 0.25) is 12.1 Å². The standard InChI is InChI=1S/C24H26N4O3/c25-23-22-21(17-5-2-1-3-6-17)19-8-7-18(29)15-20(19)31-24(22)26-16-28(23)10-4-9-27-11-13-30-14-12-27/h1-3,5-8,15-16,21,25,29H,4,9-14H2/p+1/t21-/m0/s1. The molecule has 2 aliphatic heterocycles. The van der Waals surface area contributed by atoms with E-state index in [1.54, 1.807) is 18.5 Å². The van der Waals surface area contributed by atoms with Crippen LogP contribution in [0, 0.1) is 0 Å². The molecule has 7 nitrogen and oxygen atoms in total. The topological polar surface area (TPSA) is 84.7 Å². The van der Waals surface area contributed by atoms with E-state index in [-0.39, 0.29) is 11.7 Å².